The zero-order valence-corrected chi connectivity index (χ0v) is 14.6. The number of hydrogen-bond acceptors (Lipinski definition) is 5. The number of aromatic nitrogens is 1. The van der Waals surface area contributed by atoms with Crippen LogP contribution in [0.25, 0.3) is 0 Å². The maximum absolute atomic E-state index is 11.8. The van der Waals surface area contributed by atoms with Crippen molar-refractivity contribution in [1.29, 1.82) is 0 Å². The molecule has 1 saturated heterocycles. The number of nitrogens with one attached hydrogen (secondary N) is 1. The Hall–Kier alpha value is -1.37. The molecule has 120 valence electrons. The van der Waals surface area contributed by atoms with Gasteiger partial charge in [0.2, 0.25) is 0 Å². The summed E-state index contributed by atoms with van der Waals surface area (Å²) in [6.45, 7) is -0.0589. The standard InChI is InChI=1S/C16H15ClN2O2S2/c17-12-3-6-14(18-9-12)19-15(20)10-21-13-4-1-11(2-5-13)16-22-7-8-23-16/h1-6,9,16H,7-8,10H2,(H,18,19,20). The SMILES string of the molecule is O=C(COc1ccc(C2SCCS2)cc1)Nc1ccc(Cl)cn1. The second kappa shape index (κ2) is 7.95. The normalized spacial score (nSPS) is 14.7. The lowest BCUT2D eigenvalue weighted by atomic mass is 10.2. The lowest BCUT2D eigenvalue weighted by molar-refractivity contribution is -0.118. The van der Waals surface area contributed by atoms with Crippen LogP contribution in [-0.2, 0) is 4.79 Å². The molecular weight excluding hydrogens is 352 g/mol. The number of benzene rings is 1. The van der Waals surface area contributed by atoms with E-state index in [0.29, 0.717) is 21.2 Å². The minimum atomic E-state index is -0.259. The molecule has 23 heavy (non-hydrogen) atoms. The molecule has 2 aromatic rings. The molecule has 0 saturated carbocycles. The number of thioether (sulfide) groups is 2. The lowest BCUT2D eigenvalue weighted by Gasteiger charge is -2.10. The van der Waals surface area contributed by atoms with Gasteiger partial charge in [0.15, 0.2) is 6.61 Å². The van der Waals surface area contributed by atoms with Crippen LogP contribution in [0.2, 0.25) is 5.02 Å². The second-order valence-corrected chi connectivity index (χ2v) is 8.00. The Morgan fingerprint density at radius 1 is 1.22 bits per heavy atom. The van der Waals surface area contributed by atoms with E-state index in [0.717, 1.165) is 0 Å². The first-order valence-corrected chi connectivity index (χ1v) is 9.55. The van der Waals surface area contributed by atoms with Gasteiger partial charge in [-0.25, -0.2) is 4.98 Å². The number of carbonyl (C=O) groups excluding carboxylic acids is 1. The van der Waals surface area contributed by atoms with E-state index in [1.807, 2.05) is 35.7 Å². The van der Waals surface area contributed by atoms with Gasteiger partial charge in [0.25, 0.3) is 5.91 Å². The Balaban J connectivity index is 1.49. The Bertz CT molecular complexity index is 659. The van der Waals surface area contributed by atoms with Crippen LogP contribution in [0.1, 0.15) is 10.1 Å². The van der Waals surface area contributed by atoms with Gasteiger partial charge in [-0.05, 0) is 29.8 Å². The predicted molar refractivity (Wildman–Crippen MR) is 97.5 cm³/mol. The van der Waals surface area contributed by atoms with Gasteiger partial charge in [0.05, 0.1) is 9.60 Å². The van der Waals surface area contributed by atoms with Gasteiger partial charge in [-0.2, -0.15) is 0 Å². The van der Waals surface area contributed by atoms with Crippen molar-refractivity contribution in [3.8, 4) is 5.75 Å². The van der Waals surface area contributed by atoms with Crippen LogP contribution >= 0.6 is 35.1 Å². The first-order valence-electron chi connectivity index (χ1n) is 7.08. The summed E-state index contributed by atoms with van der Waals surface area (Å²) >= 11 is 9.67. The van der Waals surface area contributed by atoms with E-state index in [-0.39, 0.29) is 12.5 Å². The van der Waals surface area contributed by atoms with Gasteiger partial charge in [0.1, 0.15) is 11.6 Å². The molecule has 1 aromatic carbocycles. The molecule has 2 heterocycles. The number of halogens is 1. The number of anilines is 1. The quantitative estimate of drug-likeness (QED) is 0.858. The molecule has 0 unspecified atom stereocenters. The molecule has 1 amide bonds. The summed E-state index contributed by atoms with van der Waals surface area (Å²) in [7, 11) is 0. The Morgan fingerprint density at radius 3 is 2.61 bits per heavy atom. The summed E-state index contributed by atoms with van der Waals surface area (Å²) in [6, 6.07) is 11.2. The first kappa shape index (κ1) is 16.5. The van der Waals surface area contributed by atoms with Crippen LogP contribution in [0, 0.1) is 0 Å². The van der Waals surface area contributed by atoms with Gasteiger partial charge in [-0.15, -0.1) is 23.5 Å². The van der Waals surface area contributed by atoms with Crippen LogP contribution in [0.5, 0.6) is 5.75 Å². The monoisotopic (exact) mass is 366 g/mol. The molecule has 0 radical (unpaired) electrons. The van der Waals surface area contributed by atoms with E-state index >= 15 is 0 Å². The number of ether oxygens (including phenoxy) is 1. The number of nitrogens with zero attached hydrogens (tertiary/aromatic N) is 1. The van der Waals surface area contributed by atoms with Gasteiger partial charge in [-0.3, -0.25) is 4.79 Å². The Kier molecular flexibility index (Phi) is 5.70. The molecule has 0 bridgehead atoms. The number of carbonyl (C=O) groups is 1. The molecule has 1 aliphatic heterocycles. The zero-order chi connectivity index (χ0) is 16.1. The van der Waals surface area contributed by atoms with E-state index in [1.54, 1.807) is 12.1 Å². The average molecular weight is 367 g/mol. The van der Waals surface area contributed by atoms with Crippen molar-refractivity contribution in [3.05, 3.63) is 53.2 Å². The lowest BCUT2D eigenvalue weighted by Crippen LogP contribution is -2.20. The van der Waals surface area contributed by atoms with Crippen molar-refractivity contribution in [1.82, 2.24) is 4.98 Å². The topological polar surface area (TPSA) is 51.2 Å². The van der Waals surface area contributed by atoms with Gasteiger partial charge in [0, 0.05) is 17.7 Å². The highest BCUT2D eigenvalue weighted by atomic mass is 35.5. The third kappa shape index (κ3) is 4.80. The van der Waals surface area contributed by atoms with Crippen molar-refractivity contribution < 1.29 is 9.53 Å². The first-order chi connectivity index (χ1) is 11.2. The highest BCUT2D eigenvalue weighted by Gasteiger charge is 2.17. The van der Waals surface area contributed by atoms with E-state index < -0.39 is 0 Å². The fraction of sp³-hybridized carbons (Fsp3) is 0.250. The molecule has 1 N–H and O–H groups in total. The zero-order valence-electron chi connectivity index (χ0n) is 12.2. The van der Waals surface area contributed by atoms with Gasteiger partial charge >= 0.3 is 0 Å². The number of pyridine rings is 1. The second-order valence-electron chi connectivity index (χ2n) is 4.84. The molecule has 1 aromatic heterocycles. The minimum absolute atomic E-state index is 0.0589. The summed E-state index contributed by atoms with van der Waals surface area (Å²) in [5.74, 6) is 3.28. The third-order valence-corrected chi connectivity index (χ3v) is 6.47. The third-order valence-electron chi connectivity index (χ3n) is 3.14. The van der Waals surface area contributed by atoms with Crippen molar-refractivity contribution >= 4 is 46.8 Å². The fourth-order valence-electron chi connectivity index (χ4n) is 2.05. The van der Waals surface area contributed by atoms with Crippen molar-refractivity contribution in [2.24, 2.45) is 0 Å². The predicted octanol–water partition coefficient (Wildman–Crippen LogP) is 4.23. The Labute approximate surface area is 148 Å². The summed E-state index contributed by atoms with van der Waals surface area (Å²) in [5.41, 5.74) is 1.29. The van der Waals surface area contributed by atoms with Crippen molar-refractivity contribution in [2.75, 3.05) is 23.4 Å². The average Bonchev–Trinajstić information content (AvgIpc) is 3.10. The van der Waals surface area contributed by atoms with Crippen LogP contribution < -0.4 is 10.1 Å². The molecule has 1 aliphatic rings. The molecule has 4 nitrogen and oxygen atoms in total. The number of amides is 1. The maximum Gasteiger partial charge on any atom is 0.263 e. The van der Waals surface area contributed by atoms with Crippen molar-refractivity contribution in [2.45, 2.75) is 4.58 Å². The summed E-state index contributed by atoms with van der Waals surface area (Å²) in [6.07, 6.45) is 1.48. The molecule has 7 heteroatoms. The molecule has 0 atom stereocenters. The van der Waals surface area contributed by atoms with Crippen LogP contribution in [0.4, 0.5) is 5.82 Å². The smallest absolute Gasteiger partial charge is 0.263 e. The fourth-order valence-corrected chi connectivity index (χ4v) is 5.02. The molecular formula is C16H15ClN2O2S2. The van der Waals surface area contributed by atoms with E-state index in [9.17, 15) is 4.79 Å². The summed E-state index contributed by atoms with van der Waals surface area (Å²) < 4.78 is 6.02. The molecule has 0 spiro atoms. The van der Waals surface area contributed by atoms with Crippen LogP contribution in [0.15, 0.2) is 42.6 Å². The van der Waals surface area contributed by atoms with E-state index in [2.05, 4.69) is 22.4 Å². The highest BCUT2D eigenvalue weighted by molar-refractivity contribution is 8.19. The number of hydrogen-bond donors (Lipinski definition) is 1. The summed E-state index contributed by atoms with van der Waals surface area (Å²) in [5, 5.41) is 3.18. The van der Waals surface area contributed by atoms with E-state index in [4.69, 9.17) is 16.3 Å². The Morgan fingerprint density at radius 2 is 1.96 bits per heavy atom. The summed E-state index contributed by atoms with van der Waals surface area (Å²) in [4.78, 5) is 15.8. The molecule has 3 rings (SSSR count). The van der Waals surface area contributed by atoms with Crippen LogP contribution in [0.3, 0.4) is 0 Å². The van der Waals surface area contributed by atoms with Gasteiger partial charge < -0.3 is 10.1 Å². The van der Waals surface area contributed by atoms with E-state index in [1.165, 1.54) is 23.3 Å². The number of rotatable bonds is 5. The van der Waals surface area contributed by atoms with Crippen molar-refractivity contribution in [3.63, 3.8) is 0 Å². The van der Waals surface area contributed by atoms with Crippen LogP contribution in [-0.4, -0.2) is 29.0 Å². The largest absolute Gasteiger partial charge is 0.484 e. The van der Waals surface area contributed by atoms with Gasteiger partial charge in [-0.1, -0.05) is 23.7 Å². The molecule has 0 aliphatic carbocycles. The minimum Gasteiger partial charge on any atom is -0.484 e. The highest BCUT2D eigenvalue weighted by Crippen LogP contribution is 2.45. The molecule has 1 fully saturated rings. The maximum atomic E-state index is 11.8.